The number of carbonyl (C=O) groups excluding carboxylic acids is 2. The van der Waals surface area contributed by atoms with Gasteiger partial charge in [0.2, 0.25) is 11.8 Å². The quantitative estimate of drug-likeness (QED) is 0.714. The molecule has 2 saturated heterocycles. The van der Waals surface area contributed by atoms with Gasteiger partial charge in [0.25, 0.3) is 0 Å². The smallest absolute Gasteiger partial charge is 0.236 e. The third kappa shape index (κ3) is 3.79. The number of nitrogens with zero attached hydrogens (tertiary/aromatic N) is 4. The van der Waals surface area contributed by atoms with Crippen molar-refractivity contribution in [2.75, 3.05) is 67.5 Å². The molecule has 2 rings (SSSR count). The lowest BCUT2D eigenvalue weighted by Gasteiger charge is -2.39. The first-order valence-electron chi connectivity index (χ1n) is 8.21. The zero-order valence-electron chi connectivity index (χ0n) is 14.5. The molecule has 0 aromatic carbocycles. The standard InChI is InChI=1S/C16H30N4O2/c1-17(2)10-11-19-9-7-16(15(19)22)6-5-8-20(13-16)14(21)12-18(3)4/h5-13H2,1-4H3. The molecule has 1 atom stereocenters. The van der Waals surface area contributed by atoms with Crippen molar-refractivity contribution >= 4 is 11.8 Å². The first-order chi connectivity index (χ1) is 10.3. The third-order valence-electron chi connectivity index (χ3n) is 4.80. The maximum atomic E-state index is 12.8. The third-order valence-corrected chi connectivity index (χ3v) is 4.80. The molecule has 2 fully saturated rings. The normalized spacial score (nSPS) is 25.8. The van der Waals surface area contributed by atoms with Gasteiger partial charge >= 0.3 is 0 Å². The van der Waals surface area contributed by atoms with Gasteiger partial charge < -0.3 is 19.6 Å². The molecule has 0 bridgehead atoms. The Morgan fingerprint density at radius 3 is 2.50 bits per heavy atom. The summed E-state index contributed by atoms with van der Waals surface area (Å²) in [7, 11) is 7.86. The number of carbonyl (C=O) groups is 2. The molecule has 0 N–H and O–H groups in total. The Labute approximate surface area is 134 Å². The summed E-state index contributed by atoms with van der Waals surface area (Å²) in [6.07, 6.45) is 2.76. The van der Waals surface area contributed by atoms with Crippen molar-refractivity contribution in [3.8, 4) is 0 Å². The molecule has 0 aromatic heterocycles. The molecule has 1 unspecified atom stereocenters. The van der Waals surface area contributed by atoms with Gasteiger partial charge in [-0.15, -0.1) is 0 Å². The van der Waals surface area contributed by atoms with E-state index in [2.05, 4.69) is 4.90 Å². The van der Waals surface area contributed by atoms with Gasteiger partial charge in [-0.25, -0.2) is 0 Å². The van der Waals surface area contributed by atoms with E-state index in [9.17, 15) is 9.59 Å². The van der Waals surface area contributed by atoms with Gasteiger partial charge in [0.15, 0.2) is 0 Å². The highest BCUT2D eigenvalue weighted by Gasteiger charge is 2.49. The second kappa shape index (κ2) is 6.96. The molecule has 0 radical (unpaired) electrons. The Balaban J connectivity index is 1.98. The van der Waals surface area contributed by atoms with Crippen LogP contribution in [0.5, 0.6) is 0 Å². The van der Waals surface area contributed by atoms with Gasteiger partial charge in [-0.05, 0) is 47.5 Å². The molecule has 126 valence electrons. The number of amides is 2. The number of likely N-dealkylation sites (tertiary alicyclic amines) is 2. The molecule has 0 saturated carbocycles. The Kier molecular flexibility index (Phi) is 5.45. The van der Waals surface area contributed by atoms with Crippen LogP contribution in [0.4, 0.5) is 0 Å². The molecule has 2 aliphatic rings. The summed E-state index contributed by atoms with van der Waals surface area (Å²) in [6, 6.07) is 0. The lowest BCUT2D eigenvalue weighted by Crippen LogP contribution is -2.51. The van der Waals surface area contributed by atoms with E-state index in [1.165, 1.54) is 0 Å². The molecule has 0 aromatic rings. The van der Waals surface area contributed by atoms with Crippen molar-refractivity contribution in [1.29, 1.82) is 0 Å². The number of likely N-dealkylation sites (N-methyl/N-ethyl adjacent to an activating group) is 2. The van der Waals surface area contributed by atoms with Gasteiger partial charge in [0, 0.05) is 32.7 Å². The Bertz CT molecular complexity index is 424. The van der Waals surface area contributed by atoms with Crippen LogP contribution < -0.4 is 0 Å². The van der Waals surface area contributed by atoms with Crippen LogP contribution in [0.2, 0.25) is 0 Å². The van der Waals surface area contributed by atoms with Gasteiger partial charge in [0.05, 0.1) is 12.0 Å². The topological polar surface area (TPSA) is 47.1 Å². The molecule has 0 aliphatic carbocycles. The lowest BCUT2D eigenvalue weighted by atomic mass is 9.78. The summed E-state index contributed by atoms with van der Waals surface area (Å²) in [4.78, 5) is 33.0. The molecule has 2 heterocycles. The molecular formula is C16H30N4O2. The van der Waals surface area contributed by atoms with E-state index in [0.29, 0.717) is 13.1 Å². The average Bonchev–Trinajstić information content (AvgIpc) is 2.73. The zero-order chi connectivity index (χ0) is 16.3. The van der Waals surface area contributed by atoms with Gasteiger partial charge in [-0.1, -0.05) is 0 Å². The predicted molar refractivity (Wildman–Crippen MR) is 86.6 cm³/mol. The van der Waals surface area contributed by atoms with E-state index in [4.69, 9.17) is 0 Å². The van der Waals surface area contributed by atoms with E-state index in [1.54, 1.807) is 0 Å². The summed E-state index contributed by atoms with van der Waals surface area (Å²) >= 11 is 0. The van der Waals surface area contributed by atoms with Crippen LogP contribution in [-0.4, -0.2) is 98.9 Å². The Hall–Kier alpha value is -1.14. The van der Waals surface area contributed by atoms with E-state index >= 15 is 0 Å². The summed E-state index contributed by atoms with van der Waals surface area (Å²) in [6.45, 7) is 4.34. The first-order valence-corrected chi connectivity index (χ1v) is 8.21. The van der Waals surface area contributed by atoms with Crippen LogP contribution in [-0.2, 0) is 9.59 Å². The minimum atomic E-state index is -0.313. The van der Waals surface area contributed by atoms with Crippen LogP contribution in [0.15, 0.2) is 0 Å². The van der Waals surface area contributed by atoms with Crippen LogP contribution in [0.1, 0.15) is 19.3 Å². The summed E-state index contributed by atoms with van der Waals surface area (Å²) < 4.78 is 0. The number of hydrogen-bond donors (Lipinski definition) is 0. The van der Waals surface area contributed by atoms with Crippen molar-refractivity contribution in [1.82, 2.24) is 19.6 Å². The number of hydrogen-bond acceptors (Lipinski definition) is 4. The molecule has 2 aliphatic heterocycles. The molecule has 1 spiro atoms. The van der Waals surface area contributed by atoms with Crippen LogP contribution in [0, 0.1) is 5.41 Å². The van der Waals surface area contributed by atoms with Crippen LogP contribution in [0.3, 0.4) is 0 Å². The van der Waals surface area contributed by atoms with E-state index in [1.807, 2.05) is 42.9 Å². The van der Waals surface area contributed by atoms with Crippen LogP contribution in [0.25, 0.3) is 0 Å². The van der Waals surface area contributed by atoms with Crippen LogP contribution >= 0.6 is 0 Å². The van der Waals surface area contributed by atoms with E-state index in [-0.39, 0.29) is 17.2 Å². The van der Waals surface area contributed by atoms with Crippen molar-refractivity contribution in [3.63, 3.8) is 0 Å². The number of piperidine rings is 1. The van der Waals surface area contributed by atoms with Gasteiger partial charge in [-0.3, -0.25) is 9.59 Å². The summed E-state index contributed by atoms with van der Waals surface area (Å²) in [5.41, 5.74) is -0.313. The summed E-state index contributed by atoms with van der Waals surface area (Å²) in [5, 5.41) is 0. The molecule has 22 heavy (non-hydrogen) atoms. The van der Waals surface area contributed by atoms with Gasteiger partial charge in [-0.2, -0.15) is 0 Å². The highest BCUT2D eigenvalue weighted by atomic mass is 16.2. The van der Waals surface area contributed by atoms with Crippen molar-refractivity contribution in [3.05, 3.63) is 0 Å². The van der Waals surface area contributed by atoms with E-state index in [0.717, 1.165) is 45.4 Å². The molecule has 2 amide bonds. The van der Waals surface area contributed by atoms with Crippen molar-refractivity contribution < 1.29 is 9.59 Å². The average molecular weight is 310 g/mol. The first kappa shape index (κ1) is 17.2. The maximum Gasteiger partial charge on any atom is 0.236 e. The largest absolute Gasteiger partial charge is 0.341 e. The van der Waals surface area contributed by atoms with Crippen molar-refractivity contribution in [2.45, 2.75) is 19.3 Å². The zero-order valence-corrected chi connectivity index (χ0v) is 14.5. The molecular weight excluding hydrogens is 280 g/mol. The highest BCUT2D eigenvalue weighted by Crippen LogP contribution is 2.40. The Morgan fingerprint density at radius 1 is 1.14 bits per heavy atom. The lowest BCUT2D eigenvalue weighted by molar-refractivity contribution is -0.143. The molecule has 6 heteroatoms. The minimum Gasteiger partial charge on any atom is -0.341 e. The number of rotatable bonds is 5. The second-order valence-electron chi connectivity index (χ2n) is 7.28. The fourth-order valence-corrected chi connectivity index (χ4v) is 3.52. The van der Waals surface area contributed by atoms with Crippen molar-refractivity contribution in [2.24, 2.45) is 5.41 Å². The monoisotopic (exact) mass is 310 g/mol. The van der Waals surface area contributed by atoms with Gasteiger partial charge in [0.1, 0.15) is 0 Å². The second-order valence-corrected chi connectivity index (χ2v) is 7.28. The maximum absolute atomic E-state index is 12.8. The minimum absolute atomic E-state index is 0.142. The fraction of sp³-hybridized carbons (Fsp3) is 0.875. The predicted octanol–water partition coefficient (Wildman–Crippen LogP) is -0.0493. The SMILES string of the molecule is CN(C)CCN1CCC2(CCCN(C(=O)CN(C)C)C2)C1=O. The summed E-state index contributed by atoms with van der Waals surface area (Å²) in [5.74, 6) is 0.403. The highest BCUT2D eigenvalue weighted by molar-refractivity contribution is 5.86. The fourth-order valence-electron chi connectivity index (χ4n) is 3.52. The van der Waals surface area contributed by atoms with E-state index < -0.39 is 0 Å². The molecule has 6 nitrogen and oxygen atoms in total. The Morgan fingerprint density at radius 2 is 1.86 bits per heavy atom.